The van der Waals surface area contributed by atoms with Crippen LogP contribution in [0, 0.1) is 6.92 Å². The van der Waals surface area contributed by atoms with Gasteiger partial charge in [-0.25, -0.2) is 13.4 Å². The Bertz CT molecular complexity index is 657. The van der Waals surface area contributed by atoms with Crippen LogP contribution in [-0.4, -0.2) is 24.6 Å². The first-order chi connectivity index (χ1) is 8.41. The zero-order chi connectivity index (χ0) is 13.3. The van der Waals surface area contributed by atoms with Gasteiger partial charge < -0.3 is 10.7 Å². The number of imidazole rings is 1. The number of aromatic nitrogens is 2. The highest BCUT2D eigenvalue weighted by molar-refractivity contribution is 7.90. The molecule has 6 heteroatoms. The first-order valence-corrected chi connectivity index (χ1v) is 7.37. The molecule has 0 spiro atoms. The molecule has 0 saturated carbocycles. The van der Waals surface area contributed by atoms with Crippen molar-refractivity contribution >= 4 is 9.84 Å². The molecular formula is C12H15N3O2S. The molecule has 3 N–H and O–H groups in total. The van der Waals surface area contributed by atoms with Gasteiger partial charge in [0.1, 0.15) is 5.82 Å². The third-order valence-corrected chi connectivity index (χ3v) is 3.81. The van der Waals surface area contributed by atoms with Gasteiger partial charge in [0.2, 0.25) is 0 Å². The fourth-order valence-electron chi connectivity index (χ4n) is 1.76. The zero-order valence-corrected chi connectivity index (χ0v) is 11.1. The molecule has 0 saturated heterocycles. The number of hydrogen-bond donors (Lipinski definition) is 2. The Morgan fingerprint density at radius 2 is 1.89 bits per heavy atom. The van der Waals surface area contributed by atoms with Gasteiger partial charge in [0, 0.05) is 17.5 Å². The van der Waals surface area contributed by atoms with Gasteiger partial charge in [-0.3, -0.25) is 0 Å². The number of aryl methyl sites for hydroxylation is 1. The van der Waals surface area contributed by atoms with Crippen LogP contribution in [-0.2, 0) is 16.4 Å². The van der Waals surface area contributed by atoms with E-state index in [1.54, 1.807) is 24.3 Å². The number of rotatable bonds is 3. The fourth-order valence-corrected chi connectivity index (χ4v) is 2.39. The summed E-state index contributed by atoms with van der Waals surface area (Å²) in [5, 5.41) is 0. The quantitative estimate of drug-likeness (QED) is 0.874. The van der Waals surface area contributed by atoms with Crippen molar-refractivity contribution in [2.45, 2.75) is 18.4 Å². The van der Waals surface area contributed by atoms with E-state index in [-0.39, 0.29) is 0 Å². The number of nitrogens with one attached hydrogen (secondary N) is 1. The number of benzene rings is 1. The van der Waals surface area contributed by atoms with Crippen molar-refractivity contribution in [1.29, 1.82) is 0 Å². The summed E-state index contributed by atoms with van der Waals surface area (Å²) in [6.45, 7) is 2.26. The van der Waals surface area contributed by atoms with Crippen LogP contribution < -0.4 is 5.73 Å². The lowest BCUT2D eigenvalue weighted by Gasteiger charge is -2.01. The Morgan fingerprint density at radius 3 is 2.33 bits per heavy atom. The second kappa shape index (κ2) is 4.55. The number of nitrogens with zero attached hydrogens (tertiary/aromatic N) is 1. The van der Waals surface area contributed by atoms with Crippen molar-refractivity contribution in [3.05, 3.63) is 35.8 Å². The lowest BCUT2D eigenvalue weighted by Crippen LogP contribution is -1.98. The fraction of sp³-hybridized carbons (Fsp3) is 0.250. The minimum absolute atomic E-state index is 0.304. The maximum absolute atomic E-state index is 11.4. The van der Waals surface area contributed by atoms with Gasteiger partial charge in [-0.05, 0) is 19.1 Å². The van der Waals surface area contributed by atoms with Crippen LogP contribution in [0.25, 0.3) is 11.3 Å². The summed E-state index contributed by atoms with van der Waals surface area (Å²) >= 11 is 0. The molecule has 0 radical (unpaired) electrons. The van der Waals surface area contributed by atoms with Crippen LogP contribution in [0.5, 0.6) is 0 Å². The second-order valence-corrected chi connectivity index (χ2v) is 6.17. The van der Waals surface area contributed by atoms with E-state index in [9.17, 15) is 8.42 Å². The van der Waals surface area contributed by atoms with Crippen LogP contribution in [0.3, 0.4) is 0 Å². The van der Waals surface area contributed by atoms with E-state index in [2.05, 4.69) is 9.97 Å². The summed E-state index contributed by atoms with van der Waals surface area (Å²) in [6, 6.07) is 6.67. The van der Waals surface area contributed by atoms with Crippen LogP contribution in [0.2, 0.25) is 0 Å². The molecule has 2 aromatic rings. The molecular weight excluding hydrogens is 250 g/mol. The van der Waals surface area contributed by atoms with E-state index >= 15 is 0 Å². The minimum atomic E-state index is -3.16. The van der Waals surface area contributed by atoms with Crippen LogP contribution in [0.1, 0.15) is 11.5 Å². The Labute approximate surface area is 106 Å². The Balaban J connectivity index is 2.43. The Morgan fingerprint density at radius 1 is 1.28 bits per heavy atom. The molecule has 5 nitrogen and oxygen atoms in total. The SMILES string of the molecule is Cc1[nH]c(CN)nc1-c1ccc(S(C)(=O)=O)cc1. The van der Waals surface area contributed by atoms with Gasteiger partial charge >= 0.3 is 0 Å². The number of sulfone groups is 1. The highest BCUT2D eigenvalue weighted by Crippen LogP contribution is 2.22. The number of hydrogen-bond acceptors (Lipinski definition) is 4. The van der Waals surface area contributed by atoms with E-state index in [0.717, 1.165) is 22.8 Å². The molecule has 0 amide bonds. The molecule has 2 rings (SSSR count). The van der Waals surface area contributed by atoms with Gasteiger partial charge in [0.15, 0.2) is 9.84 Å². The maximum Gasteiger partial charge on any atom is 0.175 e. The highest BCUT2D eigenvalue weighted by atomic mass is 32.2. The molecule has 18 heavy (non-hydrogen) atoms. The first-order valence-electron chi connectivity index (χ1n) is 5.48. The molecule has 0 unspecified atom stereocenters. The van der Waals surface area contributed by atoms with E-state index < -0.39 is 9.84 Å². The topological polar surface area (TPSA) is 88.8 Å². The predicted molar refractivity (Wildman–Crippen MR) is 69.8 cm³/mol. The van der Waals surface area contributed by atoms with Crippen molar-refractivity contribution in [2.24, 2.45) is 5.73 Å². The molecule has 1 heterocycles. The molecule has 0 bridgehead atoms. The zero-order valence-electron chi connectivity index (χ0n) is 10.3. The van der Waals surface area contributed by atoms with Crippen molar-refractivity contribution in [3.63, 3.8) is 0 Å². The minimum Gasteiger partial charge on any atom is -0.344 e. The lowest BCUT2D eigenvalue weighted by atomic mass is 10.1. The molecule has 1 aromatic carbocycles. The monoisotopic (exact) mass is 265 g/mol. The van der Waals surface area contributed by atoms with Crippen LogP contribution in [0.4, 0.5) is 0 Å². The van der Waals surface area contributed by atoms with Crippen LogP contribution in [0.15, 0.2) is 29.2 Å². The number of nitrogens with two attached hydrogens (primary N) is 1. The molecule has 0 fully saturated rings. The number of H-pyrrole nitrogens is 1. The second-order valence-electron chi connectivity index (χ2n) is 4.16. The van der Waals surface area contributed by atoms with Crippen molar-refractivity contribution in [2.75, 3.05) is 6.26 Å². The average molecular weight is 265 g/mol. The van der Waals surface area contributed by atoms with E-state index in [1.165, 1.54) is 6.26 Å². The summed E-state index contributed by atoms with van der Waals surface area (Å²) in [5.41, 5.74) is 8.11. The van der Waals surface area contributed by atoms with Crippen molar-refractivity contribution in [1.82, 2.24) is 9.97 Å². The third-order valence-electron chi connectivity index (χ3n) is 2.68. The lowest BCUT2D eigenvalue weighted by molar-refractivity contribution is 0.602. The Kier molecular flexibility index (Phi) is 3.23. The number of aromatic amines is 1. The summed E-state index contributed by atoms with van der Waals surface area (Å²) in [7, 11) is -3.16. The molecule has 0 aliphatic rings. The normalized spacial score (nSPS) is 11.7. The largest absolute Gasteiger partial charge is 0.344 e. The van der Waals surface area contributed by atoms with Gasteiger partial charge in [-0.1, -0.05) is 12.1 Å². The summed E-state index contributed by atoms with van der Waals surface area (Å²) in [5.74, 6) is 0.717. The van der Waals surface area contributed by atoms with Gasteiger partial charge in [-0.15, -0.1) is 0 Å². The van der Waals surface area contributed by atoms with E-state index in [4.69, 9.17) is 5.73 Å². The third kappa shape index (κ3) is 2.44. The molecule has 0 aliphatic carbocycles. The first kappa shape index (κ1) is 12.8. The van der Waals surface area contributed by atoms with Crippen molar-refractivity contribution in [3.8, 4) is 11.3 Å². The van der Waals surface area contributed by atoms with Gasteiger partial charge in [-0.2, -0.15) is 0 Å². The summed E-state index contributed by atoms with van der Waals surface area (Å²) in [6.07, 6.45) is 1.19. The standard InChI is InChI=1S/C12H15N3O2S/c1-8-12(15-11(7-13)14-8)9-3-5-10(6-4-9)18(2,16)17/h3-6H,7,13H2,1-2H3,(H,14,15). The van der Waals surface area contributed by atoms with Crippen LogP contribution >= 0.6 is 0 Å². The average Bonchev–Trinajstić information content (AvgIpc) is 2.70. The van der Waals surface area contributed by atoms with Gasteiger partial charge in [0.25, 0.3) is 0 Å². The summed E-state index contributed by atoms with van der Waals surface area (Å²) < 4.78 is 22.7. The van der Waals surface area contributed by atoms with E-state index in [1.807, 2.05) is 6.92 Å². The maximum atomic E-state index is 11.4. The van der Waals surface area contributed by atoms with Crippen molar-refractivity contribution < 1.29 is 8.42 Å². The van der Waals surface area contributed by atoms with Gasteiger partial charge in [0.05, 0.1) is 17.1 Å². The molecule has 0 atom stereocenters. The smallest absolute Gasteiger partial charge is 0.175 e. The predicted octanol–water partition coefficient (Wildman–Crippen LogP) is 1.25. The van der Waals surface area contributed by atoms with E-state index in [0.29, 0.717) is 11.4 Å². The molecule has 96 valence electrons. The molecule has 0 aliphatic heterocycles. The highest BCUT2D eigenvalue weighted by Gasteiger charge is 2.10. The molecule has 1 aromatic heterocycles. The summed E-state index contributed by atoms with van der Waals surface area (Å²) in [4.78, 5) is 7.75. The Hall–Kier alpha value is -1.66.